The van der Waals surface area contributed by atoms with Gasteiger partial charge in [-0.2, -0.15) is 0 Å². The number of amides is 2. The largest absolute Gasteiger partial charge is 0.481 e. The van der Waals surface area contributed by atoms with E-state index in [0.717, 1.165) is 25.8 Å². The first-order chi connectivity index (χ1) is 16.9. The predicted octanol–water partition coefficient (Wildman–Crippen LogP) is 5.20. The molecule has 178 valence electrons. The van der Waals surface area contributed by atoms with Crippen molar-refractivity contribution in [2.24, 2.45) is 5.92 Å². The minimum absolute atomic E-state index is 0.0430. The molecule has 2 aliphatic rings. The highest BCUT2D eigenvalue weighted by atomic mass is 127. The third-order valence-corrected chi connectivity index (χ3v) is 7.18. The zero-order chi connectivity index (χ0) is 24.5. The maximum Gasteiger partial charge on any atom is 0.411 e. The third-order valence-electron chi connectivity index (χ3n) is 6.56. The van der Waals surface area contributed by atoms with E-state index in [4.69, 9.17) is 4.74 Å². The third kappa shape index (κ3) is 4.75. The number of halogens is 1. The standard InChI is InChI=1S/C27H23IN2O5/c28-18-11-17(25(31)30-10-9-16(14-30)26(32)33)12-19(13-18)29-27(34)35-15-24-22-7-3-1-5-20(22)21-6-2-4-8-23(21)24/h1-8,11-13,16,24H,9-10,14-15H2,(H,29,34)(H,32,33). The van der Waals surface area contributed by atoms with Gasteiger partial charge >= 0.3 is 12.1 Å². The smallest absolute Gasteiger partial charge is 0.411 e. The Morgan fingerprint density at radius 2 is 1.66 bits per heavy atom. The Hall–Kier alpha value is -3.40. The van der Waals surface area contributed by atoms with E-state index in [2.05, 4.69) is 52.2 Å². The Morgan fingerprint density at radius 3 is 2.29 bits per heavy atom. The number of aliphatic carboxylic acids is 1. The number of carbonyl (C=O) groups excluding carboxylic acids is 2. The van der Waals surface area contributed by atoms with Crippen LogP contribution in [0.4, 0.5) is 10.5 Å². The lowest BCUT2D eigenvalue weighted by Gasteiger charge is -2.17. The van der Waals surface area contributed by atoms with E-state index < -0.39 is 18.0 Å². The average Bonchev–Trinajstić information content (AvgIpc) is 3.46. The lowest BCUT2D eigenvalue weighted by Crippen LogP contribution is -2.30. The quantitative estimate of drug-likeness (QED) is 0.404. The number of hydrogen-bond donors (Lipinski definition) is 2. The lowest BCUT2D eigenvalue weighted by atomic mass is 9.98. The number of nitrogens with one attached hydrogen (secondary N) is 1. The highest BCUT2D eigenvalue weighted by Crippen LogP contribution is 2.44. The second kappa shape index (κ2) is 9.69. The molecule has 8 heteroatoms. The molecule has 5 rings (SSSR count). The van der Waals surface area contributed by atoms with Gasteiger partial charge in [0.25, 0.3) is 5.91 Å². The van der Waals surface area contributed by atoms with Crippen molar-refractivity contribution < 1.29 is 24.2 Å². The van der Waals surface area contributed by atoms with Crippen LogP contribution in [-0.4, -0.2) is 47.7 Å². The van der Waals surface area contributed by atoms with Gasteiger partial charge in [-0.1, -0.05) is 48.5 Å². The van der Waals surface area contributed by atoms with Crippen LogP contribution in [0, 0.1) is 9.49 Å². The Balaban J connectivity index is 1.26. The van der Waals surface area contributed by atoms with Gasteiger partial charge < -0.3 is 14.7 Å². The van der Waals surface area contributed by atoms with Crippen molar-refractivity contribution in [1.29, 1.82) is 0 Å². The number of rotatable bonds is 5. The summed E-state index contributed by atoms with van der Waals surface area (Å²) >= 11 is 2.08. The molecule has 35 heavy (non-hydrogen) atoms. The number of anilines is 1. The molecule has 2 N–H and O–H groups in total. The minimum Gasteiger partial charge on any atom is -0.481 e. The topological polar surface area (TPSA) is 95.9 Å². The molecule has 1 fully saturated rings. The molecule has 0 aromatic heterocycles. The van der Waals surface area contributed by atoms with Crippen LogP contribution < -0.4 is 5.32 Å². The van der Waals surface area contributed by atoms with Gasteiger partial charge in [-0.05, 0) is 69.5 Å². The first-order valence-electron chi connectivity index (χ1n) is 11.4. The summed E-state index contributed by atoms with van der Waals surface area (Å²) in [6.07, 6.45) is -0.157. The maximum atomic E-state index is 12.9. The zero-order valence-electron chi connectivity index (χ0n) is 18.7. The Bertz CT molecular complexity index is 1280. The van der Waals surface area contributed by atoms with Crippen LogP contribution in [0.25, 0.3) is 11.1 Å². The monoisotopic (exact) mass is 582 g/mol. The van der Waals surface area contributed by atoms with E-state index in [1.54, 1.807) is 23.1 Å². The summed E-state index contributed by atoms with van der Waals surface area (Å²) in [6, 6.07) is 21.3. The highest BCUT2D eigenvalue weighted by Gasteiger charge is 2.32. The number of fused-ring (bicyclic) bond motifs is 3. The van der Waals surface area contributed by atoms with Crippen molar-refractivity contribution in [3.05, 3.63) is 87.0 Å². The number of carboxylic acids is 1. The van der Waals surface area contributed by atoms with Crippen LogP contribution in [0.15, 0.2) is 66.7 Å². The predicted molar refractivity (Wildman–Crippen MR) is 139 cm³/mol. The van der Waals surface area contributed by atoms with Crippen molar-refractivity contribution in [3.63, 3.8) is 0 Å². The molecule has 7 nitrogen and oxygen atoms in total. The normalized spacial score (nSPS) is 16.5. The Morgan fingerprint density at radius 1 is 1.00 bits per heavy atom. The van der Waals surface area contributed by atoms with Crippen LogP contribution in [-0.2, 0) is 9.53 Å². The number of hydrogen-bond acceptors (Lipinski definition) is 4. The molecular formula is C27H23IN2O5. The summed E-state index contributed by atoms with van der Waals surface area (Å²) < 4.78 is 6.39. The van der Waals surface area contributed by atoms with Crippen molar-refractivity contribution in [1.82, 2.24) is 4.90 Å². The molecule has 1 saturated heterocycles. The van der Waals surface area contributed by atoms with Crippen LogP contribution >= 0.6 is 22.6 Å². The van der Waals surface area contributed by atoms with E-state index in [1.165, 1.54) is 0 Å². The molecule has 1 heterocycles. The van der Waals surface area contributed by atoms with E-state index in [0.29, 0.717) is 24.2 Å². The van der Waals surface area contributed by atoms with Crippen molar-refractivity contribution in [3.8, 4) is 11.1 Å². The molecule has 1 aliphatic carbocycles. The zero-order valence-corrected chi connectivity index (χ0v) is 20.9. The Labute approximate surface area is 216 Å². The van der Waals surface area contributed by atoms with Gasteiger partial charge in [0.15, 0.2) is 0 Å². The average molecular weight is 582 g/mol. The van der Waals surface area contributed by atoms with Gasteiger partial charge in [-0.3, -0.25) is 14.9 Å². The molecule has 1 aliphatic heterocycles. The maximum absolute atomic E-state index is 12.9. The molecular weight excluding hydrogens is 559 g/mol. The fourth-order valence-electron chi connectivity index (χ4n) is 4.87. The van der Waals surface area contributed by atoms with Gasteiger partial charge in [0, 0.05) is 33.8 Å². The first kappa shape index (κ1) is 23.3. The van der Waals surface area contributed by atoms with Crippen LogP contribution in [0.3, 0.4) is 0 Å². The summed E-state index contributed by atoms with van der Waals surface area (Å²) in [5.41, 5.74) is 5.43. The molecule has 2 amide bonds. The molecule has 0 saturated carbocycles. The molecule has 3 aromatic rings. The van der Waals surface area contributed by atoms with Crippen molar-refractivity contribution >= 4 is 46.2 Å². The van der Waals surface area contributed by atoms with Gasteiger partial charge in [0.2, 0.25) is 0 Å². The number of likely N-dealkylation sites (tertiary alicyclic amines) is 1. The summed E-state index contributed by atoms with van der Waals surface area (Å²) in [5.74, 6) is -1.72. The molecule has 1 atom stereocenters. The summed E-state index contributed by atoms with van der Waals surface area (Å²) in [4.78, 5) is 38.4. The number of benzene rings is 3. The van der Waals surface area contributed by atoms with E-state index in [-0.39, 0.29) is 25.0 Å². The molecule has 1 unspecified atom stereocenters. The van der Waals surface area contributed by atoms with Gasteiger partial charge in [-0.25, -0.2) is 4.79 Å². The van der Waals surface area contributed by atoms with E-state index in [9.17, 15) is 19.5 Å². The van der Waals surface area contributed by atoms with Crippen LogP contribution in [0.2, 0.25) is 0 Å². The lowest BCUT2D eigenvalue weighted by molar-refractivity contribution is -0.141. The van der Waals surface area contributed by atoms with Crippen LogP contribution in [0.1, 0.15) is 33.8 Å². The molecule has 3 aromatic carbocycles. The Kier molecular flexibility index (Phi) is 6.46. The van der Waals surface area contributed by atoms with Crippen molar-refractivity contribution in [2.75, 3.05) is 25.0 Å². The fourth-order valence-corrected chi connectivity index (χ4v) is 5.54. The van der Waals surface area contributed by atoms with E-state index in [1.807, 2.05) is 24.3 Å². The molecule has 0 spiro atoms. The SMILES string of the molecule is O=C(Nc1cc(I)cc(C(=O)N2CCC(C(=O)O)C2)c1)OCC1c2ccccc2-c2ccccc21. The van der Waals surface area contributed by atoms with Gasteiger partial charge in [-0.15, -0.1) is 0 Å². The second-order valence-electron chi connectivity index (χ2n) is 8.75. The van der Waals surface area contributed by atoms with Crippen LogP contribution in [0.5, 0.6) is 0 Å². The van der Waals surface area contributed by atoms with Gasteiger partial charge in [0.05, 0.1) is 5.92 Å². The summed E-state index contributed by atoms with van der Waals surface area (Å²) in [5, 5.41) is 11.9. The first-order valence-corrected chi connectivity index (χ1v) is 12.4. The fraction of sp³-hybridized carbons (Fsp3) is 0.222. The highest BCUT2D eigenvalue weighted by molar-refractivity contribution is 14.1. The van der Waals surface area contributed by atoms with Crippen molar-refractivity contribution in [2.45, 2.75) is 12.3 Å². The number of nitrogens with zero attached hydrogens (tertiary/aromatic N) is 1. The second-order valence-corrected chi connectivity index (χ2v) is 10.00. The summed E-state index contributed by atoms with van der Waals surface area (Å²) in [7, 11) is 0. The number of carbonyl (C=O) groups is 3. The van der Waals surface area contributed by atoms with E-state index >= 15 is 0 Å². The molecule has 0 bridgehead atoms. The number of carboxylic acid groups (broad SMARTS) is 1. The number of ether oxygens (including phenoxy) is 1. The minimum atomic E-state index is -0.888. The van der Waals surface area contributed by atoms with Gasteiger partial charge in [0.1, 0.15) is 6.61 Å². The summed E-state index contributed by atoms with van der Waals surface area (Å²) in [6.45, 7) is 0.783. The molecule has 0 radical (unpaired) electrons.